The van der Waals surface area contributed by atoms with Crippen LogP contribution in [-0.4, -0.2) is 4.98 Å². The molecule has 0 amide bonds. The van der Waals surface area contributed by atoms with E-state index in [4.69, 9.17) is 5.26 Å². The molecule has 2 nitrogen and oxygen atoms in total. The molecule has 0 aliphatic carbocycles. The van der Waals surface area contributed by atoms with Crippen molar-refractivity contribution < 1.29 is 0 Å². The Bertz CT molecular complexity index is 600. The number of thioether (sulfide) groups is 1. The highest BCUT2D eigenvalue weighted by Gasteiger charge is 2.04. The Hall–Kier alpha value is -1.79. The van der Waals surface area contributed by atoms with E-state index in [1.807, 2.05) is 12.1 Å². The van der Waals surface area contributed by atoms with Crippen LogP contribution in [0, 0.1) is 25.2 Å². The summed E-state index contributed by atoms with van der Waals surface area (Å²) in [6.07, 6.45) is 1.66. The van der Waals surface area contributed by atoms with Crippen LogP contribution in [0.2, 0.25) is 0 Å². The molecule has 0 aliphatic rings. The molecule has 0 atom stereocenters. The summed E-state index contributed by atoms with van der Waals surface area (Å²) in [5, 5.41) is 8.98. The summed E-state index contributed by atoms with van der Waals surface area (Å²) in [6.45, 7) is 4.21. The third-order valence-electron chi connectivity index (χ3n) is 2.71. The lowest BCUT2D eigenvalue weighted by Crippen LogP contribution is -1.91. The molecule has 0 aliphatic heterocycles. The van der Waals surface area contributed by atoms with E-state index in [1.165, 1.54) is 16.0 Å². The van der Waals surface area contributed by atoms with Gasteiger partial charge in [0, 0.05) is 16.8 Å². The number of pyridine rings is 1. The van der Waals surface area contributed by atoms with E-state index in [0.717, 1.165) is 11.3 Å². The smallest absolute Gasteiger partial charge is 0.144 e. The van der Waals surface area contributed by atoms with Crippen LogP contribution in [0.3, 0.4) is 0 Å². The van der Waals surface area contributed by atoms with Crippen LogP contribution in [0.4, 0.5) is 0 Å². The van der Waals surface area contributed by atoms with E-state index in [0.29, 0.717) is 5.69 Å². The maximum atomic E-state index is 8.98. The van der Waals surface area contributed by atoms with Gasteiger partial charge in [-0.25, -0.2) is 4.98 Å². The quantitative estimate of drug-likeness (QED) is 0.780. The molecule has 1 aromatic heterocycles. The molecule has 1 heterocycles. The van der Waals surface area contributed by atoms with Crippen LogP contribution in [0.25, 0.3) is 0 Å². The van der Waals surface area contributed by atoms with Gasteiger partial charge in [0.05, 0.1) is 0 Å². The molecule has 2 aromatic rings. The molecule has 3 heteroatoms. The highest BCUT2D eigenvalue weighted by Crippen LogP contribution is 2.27. The Morgan fingerprint density at radius 3 is 2.83 bits per heavy atom. The summed E-state index contributed by atoms with van der Waals surface area (Å²) in [5.74, 6) is 0.778. The molecule has 0 saturated carbocycles. The summed E-state index contributed by atoms with van der Waals surface area (Å²) >= 11 is 1.75. The third-order valence-corrected chi connectivity index (χ3v) is 3.94. The standard InChI is InChI=1S/C15H14N2S/c1-11-5-6-15(12(2)8-11)18-10-13-4-3-7-17-14(13)9-16/h3-8H,10H2,1-2H3. The van der Waals surface area contributed by atoms with Crippen molar-refractivity contribution in [3.05, 3.63) is 58.9 Å². The van der Waals surface area contributed by atoms with Crippen LogP contribution >= 0.6 is 11.8 Å². The van der Waals surface area contributed by atoms with E-state index >= 15 is 0 Å². The van der Waals surface area contributed by atoms with Crippen LogP contribution in [0.1, 0.15) is 22.4 Å². The third kappa shape index (κ3) is 2.91. The molecular weight excluding hydrogens is 240 g/mol. The number of hydrogen-bond acceptors (Lipinski definition) is 3. The normalized spacial score (nSPS) is 10.1. The van der Waals surface area contributed by atoms with E-state index in [-0.39, 0.29) is 0 Å². The van der Waals surface area contributed by atoms with Crippen LogP contribution in [0.15, 0.2) is 41.4 Å². The van der Waals surface area contributed by atoms with Crippen molar-refractivity contribution in [1.82, 2.24) is 4.98 Å². The average Bonchev–Trinajstić information content (AvgIpc) is 2.38. The number of aryl methyl sites for hydroxylation is 2. The minimum atomic E-state index is 0.523. The molecule has 0 spiro atoms. The number of aromatic nitrogens is 1. The maximum absolute atomic E-state index is 8.98. The molecule has 1 aromatic carbocycles. The molecule has 0 fully saturated rings. The summed E-state index contributed by atoms with van der Waals surface area (Å²) in [5.41, 5.74) is 4.07. The van der Waals surface area contributed by atoms with Crippen LogP contribution in [-0.2, 0) is 5.75 Å². The van der Waals surface area contributed by atoms with Crippen molar-refractivity contribution in [2.24, 2.45) is 0 Å². The summed E-state index contributed by atoms with van der Waals surface area (Å²) in [6, 6.07) is 12.4. The fourth-order valence-corrected chi connectivity index (χ4v) is 2.77. The Morgan fingerprint density at radius 2 is 2.11 bits per heavy atom. The van der Waals surface area contributed by atoms with E-state index in [1.54, 1.807) is 18.0 Å². The Kier molecular flexibility index (Phi) is 4.01. The zero-order valence-electron chi connectivity index (χ0n) is 10.5. The minimum absolute atomic E-state index is 0.523. The maximum Gasteiger partial charge on any atom is 0.144 e. The first-order valence-electron chi connectivity index (χ1n) is 5.75. The molecule has 0 bridgehead atoms. The largest absolute Gasteiger partial charge is 0.245 e. The zero-order chi connectivity index (χ0) is 13.0. The fourth-order valence-electron chi connectivity index (χ4n) is 1.77. The summed E-state index contributed by atoms with van der Waals surface area (Å²) in [7, 11) is 0. The second-order valence-electron chi connectivity index (χ2n) is 4.18. The van der Waals surface area contributed by atoms with Gasteiger partial charge < -0.3 is 0 Å². The van der Waals surface area contributed by atoms with Gasteiger partial charge >= 0.3 is 0 Å². The Balaban J connectivity index is 2.14. The first-order chi connectivity index (χ1) is 8.70. The lowest BCUT2D eigenvalue weighted by atomic mass is 10.2. The lowest BCUT2D eigenvalue weighted by molar-refractivity contribution is 1.19. The highest BCUT2D eigenvalue weighted by molar-refractivity contribution is 7.98. The number of nitrogens with zero attached hydrogens (tertiary/aromatic N) is 2. The monoisotopic (exact) mass is 254 g/mol. The van der Waals surface area contributed by atoms with Gasteiger partial charge in [0.2, 0.25) is 0 Å². The molecule has 18 heavy (non-hydrogen) atoms. The van der Waals surface area contributed by atoms with Crippen molar-refractivity contribution >= 4 is 11.8 Å². The van der Waals surface area contributed by atoms with Crippen molar-refractivity contribution in [3.63, 3.8) is 0 Å². The molecular formula is C15H14N2S. The van der Waals surface area contributed by atoms with Gasteiger partial charge in [0.25, 0.3) is 0 Å². The van der Waals surface area contributed by atoms with Crippen molar-refractivity contribution in [3.8, 4) is 6.07 Å². The summed E-state index contributed by atoms with van der Waals surface area (Å²) in [4.78, 5) is 5.33. The molecule has 0 radical (unpaired) electrons. The highest BCUT2D eigenvalue weighted by atomic mass is 32.2. The first-order valence-corrected chi connectivity index (χ1v) is 6.73. The topological polar surface area (TPSA) is 36.7 Å². The summed E-state index contributed by atoms with van der Waals surface area (Å²) < 4.78 is 0. The van der Waals surface area contributed by atoms with Gasteiger partial charge in [-0.05, 0) is 37.1 Å². The zero-order valence-corrected chi connectivity index (χ0v) is 11.3. The lowest BCUT2D eigenvalue weighted by Gasteiger charge is -2.07. The SMILES string of the molecule is Cc1ccc(SCc2cccnc2C#N)c(C)c1. The van der Waals surface area contributed by atoms with Crippen molar-refractivity contribution in [1.29, 1.82) is 5.26 Å². The average molecular weight is 254 g/mol. The predicted molar refractivity (Wildman–Crippen MR) is 74.4 cm³/mol. The van der Waals surface area contributed by atoms with E-state index in [2.05, 4.69) is 43.1 Å². The number of hydrogen-bond donors (Lipinski definition) is 0. The van der Waals surface area contributed by atoms with E-state index in [9.17, 15) is 0 Å². The Labute approximate surface area is 112 Å². The fraction of sp³-hybridized carbons (Fsp3) is 0.200. The second kappa shape index (κ2) is 5.70. The van der Waals surface area contributed by atoms with Crippen LogP contribution in [0.5, 0.6) is 0 Å². The predicted octanol–water partition coefficient (Wildman–Crippen LogP) is 3.86. The number of nitriles is 1. The first kappa shape index (κ1) is 12.7. The number of rotatable bonds is 3. The van der Waals surface area contributed by atoms with Gasteiger partial charge in [0.1, 0.15) is 11.8 Å². The van der Waals surface area contributed by atoms with Gasteiger partial charge in [-0.1, -0.05) is 23.8 Å². The molecule has 90 valence electrons. The molecule has 0 unspecified atom stereocenters. The second-order valence-corrected chi connectivity index (χ2v) is 5.20. The molecule has 0 N–H and O–H groups in total. The van der Waals surface area contributed by atoms with Gasteiger partial charge in [-0.2, -0.15) is 5.26 Å². The molecule has 2 rings (SSSR count). The van der Waals surface area contributed by atoms with E-state index < -0.39 is 0 Å². The van der Waals surface area contributed by atoms with Crippen LogP contribution < -0.4 is 0 Å². The Morgan fingerprint density at radius 1 is 1.28 bits per heavy atom. The van der Waals surface area contributed by atoms with Gasteiger partial charge in [0.15, 0.2) is 0 Å². The number of benzene rings is 1. The van der Waals surface area contributed by atoms with Crippen molar-refractivity contribution in [2.45, 2.75) is 24.5 Å². The minimum Gasteiger partial charge on any atom is -0.245 e. The molecule has 0 saturated heterocycles. The van der Waals surface area contributed by atoms with Gasteiger partial charge in [-0.3, -0.25) is 0 Å². The van der Waals surface area contributed by atoms with Gasteiger partial charge in [-0.15, -0.1) is 11.8 Å². The van der Waals surface area contributed by atoms with Crippen molar-refractivity contribution in [2.75, 3.05) is 0 Å².